The van der Waals surface area contributed by atoms with Crippen molar-refractivity contribution in [2.75, 3.05) is 67.5 Å². The molecule has 2 fully saturated rings. The lowest BCUT2D eigenvalue weighted by atomic mass is 10.1. The van der Waals surface area contributed by atoms with Crippen LogP contribution in [0.25, 0.3) is 0 Å². The highest BCUT2D eigenvalue weighted by Crippen LogP contribution is 2.29. The number of aromatic nitrogens is 1. The number of rotatable bonds is 4. The Morgan fingerprint density at radius 3 is 2.21 bits per heavy atom. The van der Waals surface area contributed by atoms with Crippen molar-refractivity contribution in [1.29, 1.82) is 0 Å². The van der Waals surface area contributed by atoms with Crippen LogP contribution in [0.4, 0.5) is 26.8 Å². The lowest BCUT2D eigenvalue weighted by molar-refractivity contribution is 0.0240. The molecule has 1 aromatic heterocycles. The van der Waals surface area contributed by atoms with Gasteiger partial charge in [0.2, 0.25) is 0 Å². The standard InChI is InChI=1S/C28H39ClN6O3/c1-6-21-18-24(31-26(36)34-14-10-32(11-15-34)23-9-7-8-22(29)19-23)25(30-20(21)2)33-12-16-35(17-13-33)27(37)38-28(3,4)5/h7-9,18-19H,6,10-17H2,1-5H3,(H,31,36). The van der Waals surface area contributed by atoms with Gasteiger partial charge in [-0.2, -0.15) is 0 Å². The molecule has 2 aromatic rings. The van der Waals surface area contributed by atoms with Gasteiger partial charge in [-0.1, -0.05) is 24.6 Å². The first-order valence-corrected chi connectivity index (χ1v) is 13.7. The summed E-state index contributed by atoms with van der Waals surface area (Å²) < 4.78 is 5.53. The van der Waals surface area contributed by atoms with Crippen LogP contribution in [-0.4, -0.2) is 84.9 Å². The third kappa shape index (κ3) is 6.81. The Bertz CT molecular complexity index is 1150. The first kappa shape index (κ1) is 27.8. The van der Waals surface area contributed by atoms with Crippen molar-refractivity contribution in [2.24, 2.45) is 0 Å². The van der Waals surface area contributed by atoms with E-state index in [2.05, 4.69) is 22.0 Å². The lowest BCUT2D eigenvalue weighted by Gasteiger charge is -2.38. The number of aryl methyl sites for hydroxylation is 2. The molecule has 2 saturated heterocycles. The number of halogens is 1. The maximum Gasteiger partial charge on any atom is 0.410 e. The summed E-state index contributed by atoms with van der Waals surface area (Å²) in [4.78, 5) is 38.7. The Kier molecular flexibility index (Phi) is 8.55. The van der Waals surface area contributed by atoms with Crippen molar-refractivity contribution >= 4 is 40.9 Å². The Morgan fingerprint density at radius 2 is 1.61 bits per heavy atom. The van der Waals surface area contributed by atoms with Gasteiger partial charge in [-0.3, -0.25) is 0 Å². The fourth-order valence-electron chi connectivity index (χ4n) is 4.79. The van der Waals surface area contributed by atoms with E-state index in [1.807, 2.05) is 62.9 Å². The van der Waals surface area contributed by atoms with Crippen LogP contribution >= 0.6 is 11.6 Å². The molecule has 10 heteroatoms. The molecular formula is C28H39ClN6O3. The van der Waals surface area contributed by atoms with E-state index in [4.69, 9.17) is 21.3 Å². The number of ether oxygens (including phenoxy) is 1. The quantitative estimate of drug-likeness (QED) is 0.584. The summed E-state index contributed by atoms with van der Waals surface area (Å²) in [6, 6.07) is 9.72. The minimum Gasteiger partial charge on any atom is -0.444 e. The minimum absolute atomic E-state index is 0.128. The topological polar surface area (TPSA) is 81.3 Å². The molecule has 4 rings (SSSR count). The Hall–Kier alpha value is -3.20. The van der Waals surface area contributed by atoms with Gasteiger partial charge in [-0.05, 0) is 63.9 Å². The average molecular weight is 543 g/mol. The maximum absolute atomic E-state index is 13.3. The van der Waals surface area contributed by atoms with E-state index in [-0.39, 0.29) is 12.1 Å². The summed E-state index contributed by atoms with van der Waals surface area (Å²) in [6.45, 7) is 14.7. The Balaban J connectivity index is 1.42. The number of anilines is 3. The largest absolute Gasteiger partial charge is 0.444 e. The number of urea groups is 1. The normalized spacial score (nSPS) is 16.5. The van der Waals surface area contributed by atoms with Crippen molar-refractivity contribution < 1.29 is 14.3 Å². The summed E-state index contributed by atoms with van der Waals surface area (Å²) in [5.41, 5.74) is 3.30. The zero-order valence-corrected chi connectivity index (χ0v) is 23.8. The van der Waals surface area contributed by atoms with Gasteiger partial charge in [0.15, 0.2) is 5.82 Å². The van der Waals surface area contributed by atoms with Crippen LogP contribution in [0.5, 0.6) is 0 Å². The zero-order chi connectivity index (χ0) is 27.4. The van der Waals surface area contributed by atoms with Crippen LogP contribution in [0.2, 0.25) is 5.02 Å². The number of carbonyl (C=O) groups is 2. The van der Waals surface area contributed by atoms with Gasteiger partial charge in [-0.25, -0.2) is 14.6 Å². The molecule has 3 heterocycles. The van der Waals surface area contributed by atoms with Gasteiger partial charge in [0.05, 0.1) is 5.69 Å². The molecule has 38 heavy (non-hydrogen) atoms. The molecule has 0 aliphatic carbocycles. The van der Waals surface area contributed by atoms with E-state index < -0.39 is 5.60 Å². The molecule has 0 unspecified atom stereocenters. The van der Waals surface area contributed by atoms with Gasteiger partial charge in [-0.15, -0.1) is 0 Å². The van der Waals surface area contributed by atoms with Crippen LogP contribution in [0.15, 0.2) is 30.3 Å². The molecule has 9 nitrogen and oxygen atoms in total. The smallest absolute Gasteiger partial charge is 0.410 e. The van der Waals surface area contributed by atoms with Crippen LogP contribution < -0.4 is 15.1 Å². The highest BCUT2D eigenvalue weighted by Gasteiger charge is 2.29. The molecule has 0 spiro atoms. The number of amides is 3. The van der Waals surface area contributed by atoms with E-state index in [9.17, 15) is 9.59 Å². The first-order valence-electron chi connectivity index (χ1n) is 13.3. The Morgan fingerprint density at radius 1 is 0.974 bits per heavy atom. The highest BCUT2D eigenvalue weighted by molar-refractivity contribution is 6.30. The molecule has 0 atom stereocenters. The Labute approximate surface area is 230 Å². The monoisotopic (exact) mass is 542 g/mol. The van der Waals surface area contributed by atoms with E-state index in [1.165, 1.54) is 0 Å². The summed E-state index contributed by atoms with van der Waals surface area (Å²) >= 11 is 6.16. The third-order valence-electron chi connectivity index (χ3n) is 6.89. The van der Waals surface area contributed by atoms with Gasteiger partial charge in [0.1, 0.15) is 5.60 Å². The van der Waals surface area contributed by atoms with Crippen molar-refractivity contribution in [2.45, 2.75) is 46.6 Å². The molecule has 0 saturated carbocycles. The fraction of sp³-hybridized carbons (Fsp3) is 0.536. The minimum atomic E-state index is -0.528. The number of piperazine rings is 2. The van der Waals surface area contributed by atoms with Crippen molar-refractivity contribution in [3.05, 3.63) is 46.6 Å². The molecular weight excluding hydrogens is 504 g/mol. The number of nitrogens with zero attached hydrogens (tertiary/aromatic N) is 5. The molecule has 2 aliphatic heterocycles. The molecule has 0 bridgehead atoms. The van der Waals surface area contributed by atoms with Gasteiger partial charge < -0.3 is 29.7 Å². The number of pyridine rings is 1. The van der Waals surface area contributed by atoms with Gasteiger partial charge >= 0.3 is 12.1 Å². The fourth-order valence-corrected chi connectivity index (χ4v) is 4.97. The van der Waals surface area contributed by atoms with Crippen LogP contribution in [0.1, 0.15) is 39.0 Å². The molecule has 206 valence electrons. The van der Waals surface area contributed by atoms with Crippen molar-refractivity contribution in [3.63, 3.8) is 0 Å². The number of hydrogen-bond acceptors (Lipinski definition) is 6. The average Bonchev–Trinajstić information content (AvgIpc) is 2.88. The molecule has 1 aromatic carbocycles. The van der Waals surface area contributed by atoms with Crippen LogP contribution in [0, 0.1) is 6.92 Å². The molecule has 0 radical (unpaired) electrons. The summed E-state index contributed by atoms with van der Waals surface area (Å²) in [5.74, 6) is 0.745. The van der Waals surface area contributed by atoms with E-state index >= 15 is 0 Å². The lowest BCUT2D eigenvalue weighted by Crippen LogP contribution is -2.51. The second-order valence-electron chi connectivity index (χ2n) is 10.8. The summed E-state index contributed by atoms with van der Waals surface area (Å²) in [6.07, 6.45) is 0.528. The second-order valence-corrected chi connectivity index (χ2v) is 11.2. The third-order valence-corrected chi connectivity index (χ3v) is 7.13. The van der Waals surface area contributed by atoms with Crippen molar-refractivity contribution in [3.8, 4) is 0 Å². The van der Waals surface area contributed by atoms with Crippen molar-refractivity contribution in [1.82, 2.24) is 14.8 Å². The van der Waals surface area contributed by atoms with Gasteiger partial charge in [0, 0.05) is 68.8 Å². The zero-order valence-electron chi connectivity index (χ0n) is 23.1. The van der Waals surface area contributed by atoms with Gasteiger partial charge in [0.25, 0.3) is 0 Å². The predicted octanol–water partition coefficient (Wildman–Crippen LogP) is 5.02. The summed E-state index contributed by atoms with van der Waals surface area (Å²) in [7, 11) is 0. The second kappa shape index (κ2) is 11.7. The maximum atomic E-state index is 13.3. The molecule has 3 amide bonds. The number of hydrogen-bond donors (Lipinski definition) is 1. The number of benzene rings is 1. The van der Waals surface area contributed by atoms with E-state index in [0.717, 1.165) is 42.3 Å². The van der Waals surface area contributed by atoms with Crippen LogP contribution in [-0.2, 0) is 11.2 Å². The predicted molar refractivity (Wildman–Crippen MR) is 153 cm³/mol. The first-order chi connectivity index (χ1) is 18.0. The number of carbonyl (C=O) groups excluding carboxylic acids is 2. The number of nitrogens with one attached hydrogen (secondary N) is 1. The highest BCUT2D eigenvalue weighted by atomic mass is 35.5. The SMILES string of the molecule is CCc1cc(NC(=O)N2CCN(c3cccc(Cl)c3)CC2)c(N2CCN(C(=O)OC(C)(C)C)CC2)nc1C. The van der Waals surface area contributed by atoms with E-state index in [0.29, 0.717) is 50.0 Å². The van der Waals surface area contributed by atoms with Crippen LogP contribution in [0.3, 0.4) is 0 Å². The van der Waals surface area contributed by atoms with E-state index in [1.54, 1.807) is 4.90 Å². The molecule has 1 N–H and O–H groups in total. The summed E-state index contributed by atoms with van der Waals surface area (Å²) in [5, 5.41) is 3.86. The molecule has 2 aliphatic rings.